The van der Waals surface area contributed by atoms with Crippen LogP contribution in [0, 0.1) is 0 Å². The van der Waals surface area contributed by atoms with Crippen molar-refractivity contribution in [3.8, 4) is 11.5 Å². The van der Waals surface area contributed by atoms with Crippen molar-refractivity contribution in [1.82, 2.24) is 0 Å². The Morgan fingerprint density at radius 1 is 0.414 bits per heavy atom. The number of hydrogen-bond acceptors (Lipinski definition) is 16. The van der Waals surface area contributed by atoms with E-state index >= 15 is 0 Å². The van der Waals surface area contributed by atoms with Crippen LogP contribution >= 0.6 is 0 Å². The summed E-state index contributed by atoms with van der Waals surface area (Å²) in [6.07, 6.45) is 0. The number of benzene rings is 7. The molecule has 354 valence electrons. The summed E-state index contributed by atoms with van der Waals surface area (Å²) in [6.45, 7) is 0. The predicted molar refractivity (Wildman–Crippen MR) is 242 cm³/mol. The van der Waals surface area contributed by atoms with Gasteiger partial charge in [0.1, 0.15) is 32.5 Å². The maximum absolute atomic E-state index is 13.3. The number of phenolic OH excluding ortho intramolecular Hbond substituents is 2. The lowest BCUT2D eigenvalue weighted by Gasteiger charge is -2.12. The third-order valence-electron chi connectivity index (χ3n) is 10.0. The van der Waals surface area contributed by atoms with Gasteiger partial charge in [0.25, 0.3) is 32.1 Å². The third-order valence-corrected chi connectivity index (χ3v) is 11.8. The molecule has 0 saturated heterocycles. The Hall–Kier alpha value is -9.50. The lowest BCUT2D eigenvalue weighted by Crippen LogP contribution is -2.14. The summed E-state index contributed by atoms with van der Waals surface area (Å²) >= 11 is 0. The lowest BCUT2D eigenvalue weighted by atomic mass is 10.1. The molecule has 0 atom stereocenters. The van der Waals surface area contributed by atoms with Crippen molar-refractivity contribution < 1.29 is 85.3 Å². The Balaban J connectivity index is 1.10. The van der Waals surface area contributed by atoms with Gasteiger partial charge in [-0.1, -0.05) is 0 Å². The highest BCUT2D eigenvalue weighted by molar-refractivity contribution is 7.86. The van der Waals surface area contributed by atoms with E-state index in [1.807, 2.05) is 0 Å². The van der Waals surface area contributed by atoms with E-state index in [-0.39, 0.29) is 55.2 Å². The van der Waals surface area contributed by atoms with Gasteiger partial charge in [-0.3, -0.25) is 18.7 Å². The molecule has 0 spiro atoms. The van der Waals surface area contributed by atoms with Crippen LogP contribution in [-0.2, 0) is 20.2 Å². The van der Waals surface area contributed by atoms with E-state index in [9.17, 15) is 85.3 Å². The molecular formula is C44H28N6O18S2. The lowest BCUT2D eigenvalue weighted by molar-refractivity contribution is 0.0682. The van der Waals surface area contributed by atoms with Gasteiger partial charge in [-0.25, -0.2) is 19.2 Å². The first-order chi connectivity index (χ1) is 32.9. The van der Waals surface area contributed by atoms with Crippen LogP contribution in [0.2, 0.25) is 0 Å². The maximum Gasteiger partial charge on any atom is 0.337 e. The molecule has 0 saturated carbocycles. The number of hydrogen-bond donors (Lipinski definition) is 10. The molecule has 0 aliphatic rings. The highest BCUT2D eigenvalue weighted by Crippen LogP contribution is 2.44. The molecule has 26 heteroatoms. The Kier molecular flexibility index (Phi) is 12.9. The number of aromatic hydroxyl groups is 2. The number of carbonyl (C=O) groups excluding carboxylic acids is 2. The molecule has 10 N–H and O–H groups in total. The van der Waals surface area contributed by atoms with Crippen LogP contribution in [0.15, 0.2) is 139 Å². The van der Waals surface area contributed by atoms with E-state index in [1.165, 1.54) is 60.7 Å². The van der Waals surface area contributed by atoms with Crippen molar-refractivity contribution in [3.63, 3.8) is 0 Å². The molecule has 7 aromatic rings. The van der Waals surface area contributed by atoms with E-state index in [1.54, 1.807) is 0 Å². The summed E-state index contributed by atoms with van der Waals surface area (Å²) in [5.74, 6) is -9.08. The summed E-state index contributed by atoms with van der Waals surface area (Å²) < 4.78 is 69.8. The molecule has 0 aliphatic heterocycles. The number of rotatable bonds is 14. The Labute approximate surface area is 390 Å². The average molecular weight is 993 g/mol. The fourth-order valence-electron chi connectivity index (χ4n) is 6.69. The van der Waals surface area contributed by atoms with Crippen LogP contribution < -0.4 is 10.6 Å². The van der Waals surface area contributed by atoms with Gasteiger partial charge in [0.05, 0.1) is 22.3 Å². The minimum Gasteiger partial charge on any atom is -0.505 e. The number of phenols is 2. The number of carboxylic acid groups (broad SMARTS) is 4. The minimum atomic E-state index is -5.17. The highest BCUT2D eigenvalue weighted by atomic mass is 32.2. The van der Waals surface area contributed by atoms with Gasteiger partial charge in [-0.2, -0.15) is 16.8 Å². The van der Waals surface area contributed by atoms with Crippen LogP contribution in [0.5, 0.6) is 11.5 Å². The highest BCUT2D eigenvalue weighted by Gasteiger charge is 2.25. The quantitative estimate of drug-likeness (QED) is 0.0364. The number of nitrogens with one attached hydrogen (secondary N) is 2. The van der Waals surface area contributed by atoms with E-state index < -0.39 is 111 Å². The third kappa shape index (κ3) is 10.1. The van der Waals surface area contributed by atoms with E-state index in [0.717, 1.165) is 48.5 Å². The second kappa shape index (κ2) is 18.6. The van der Waals surface area contributed by atoms with Crippen LogP contribution in [-0.4, -0.2) is 92.3 Å². The zero-order valence-electron chi connectivity index (χ0n) is 34.7. The number of aromatic carboxylic acids is 4. The van der Waals surface area contributed by atoms with Crippen molar-refractivity contribution in [2.45, 2.75) is 9.79 Å². The number of amides is 2. The zero-order valence-corrected chi connectivity index (χ0v) is 36.3. The molecule has 7 rings (SSSR count). The van der Waals surface area contributed by atoms with Crippen LogP contribution in [0.25, 0.3) is 21.5 Å². The van der Waals surface area contributed by atoms with Crippen LogP contribution in [0.3, 0.4) is 0 Å². The molecule has 0 bridgehead atoms. The van der Waals surface area contributed by atoms with Gasteiger partial charge < -0.3 is 41.3 Å². The number of nitrogens with zero attached hydrogens (tertiary/aromatic N) is 4. The maximum atomic E-state index is 13.3. The van der Waals surface area contributed by atoms with Crippen molar-refractivity contribution >= 4 is 112 Å². The summed E-state index contributed by atoms with van der Waals surface area (Å²) in [5, 5.41) is 79.3. The monoisotopic (exact) mass is 992 g/mol. The zero-order chi connectivity index (χ0) is 51.0. The number of azo groups is 2. The molecule has 0 aliphatic carbocycles. The van der Waals surface area contributed by atoms with Crippen molar-refractivity contribution in [2.24, 2.45) is 20.5 Å². The molecule has 0 fully saturated rings. The van der Waals surface area contributed by atoms with Gasteiger partial charge >= 0.3 is 23.9 Å². The predicted octanol–water partition coefficient (Wildman–Crippen LogP) is 8.03. The Bertz CT molecular complexity index is 3500. The fraction of sp³-hybridized carbons (Fsp3) is 0. The van der Waals surface area contributed by atoms with Gasteiger partial charge in [0.2, 0.25) is 0 Å². The fourth-order valence-corrected chi connectivity index (χ4v) is 8.00. The van der Waals surface area contributed by atoms with Crippen LogP contribution in [0.1, 0.15) is 62.1 Å². The minimum absolute atomic E-state index is 0.0160. The molecule has 0 radical (unpaired) electrons. The summed E-state index contributed by atoms with van der Waals surface area (Å²) in [5.41, 5.74) is -4.34. The summed E-state index contributed by atoms with van der Waals surface area (Å²) in [7, 11) is -10.3. The molecule has 70 heavy (non-hydrogen) atoms. The Morgan fingerprint density at radius 3 is 1.07 bits per heavy atom. The topological polar surface area (TPSA) is 406 Å². The van der Waals surface area contributed by atoms with E-state index in [4.69, 9.17) is 0 Å². The van der Waals surface area contributed by atoms with Crippen molar-refractivity contribution in [2.75, 3.05) is 10.6 Å². The molecular weight excluding hydrogens is 965 g/mol. The van der Waals surface area contributed by atoms with Gasteiger partial charge in [0.15, 0.2) is 11.5 Å². The summed E-state index contributed by atoms with van der Waals surface area (Å²) in [6, 6.07) is 20.0. The van der Waals surface area contributed by atoms with Crippen molar-refractivity contribution in [1.29, 1.82) is 0 Å². The second-order valence-electron chi connectivity index (χ2n) is 14.5. The smallest absolute Gasteiger partial charge is 0.337 e. The molecule has 0 unspecified atom stereocenters. The van der Waals surface area contributed by atoms with Gasteiger partial charge in [-0.05, 0) is 120 Å². The normalized spacial score (nSPS) is 11.8. The standard InChI is InChI=1S/C44H28N6O18S2/c51-37-27-11-7-25(13-23(27)17-33(69(63,64)65)35(37)49-47-31-15-21(41(55)56)5-9-29(31)43(59)60)45-39(53)19-1-2-20(4-3-19)40(54)46-26-8-12-28-24(14-26)18-34(70(66,67)68)36(38(28)52)50-48-32-16-22(42(57)58)6-10-30(32)44(61)62/h1-18,51-52H,(H,45,53)(H,46,54)(H,55,56)(H,57,58)(H,59,60)(H,61,62)(H,63,64,65)(H,66,67,68). The first-order valence-corrected chi connectivity index (χ1v) is 22.1. The number of carbonyl (C=O) groups is 6. The van der Waals surface area contributed by atoms with Crippen molar-refractivity contribution in [3.05, 3.63) is 143 Å². The second-order valence-corrected chi connectivity index (χ2v) is 17.3. The molecule has 2 amide bonds. The number of anilines is 2. The van der Waals surface area contributed by atoms with Gasteiger partial charge in [0, 0.05) is 33.3 Å². The molecule has 7 aromatic carbocycles. The van der Waals surface area contributed by atoms with Crippen LogP contribution in [0.4, 0.5) is 34.1 Å². The van der Waals surface area contributed by atoms with E-state index in [2.05, 4.69) is 31.1 Å². The van der Waals surface area contributed by atoms with E-state index in [0.29, 0.717) is 0 Å². The SMILES string of the molecule is O=C(O)c1ccc(C(=O)O)c(N=Nc2c(S(=O)(=O)O)cc3cc(NC(=O)c4ccc(C(=O)Nc5ccc6c(O)c(N=Nc7cc(C(=O)O)ccc7C(=O)O)c(S(=O)(=O)O)cc6c5)cc4)ccc3c2O)c1. The molecule has 0 heterocycles. The average Bonchev–Trinajstić information content (AvgIpc) is 3.29. The first kappa shape index (κ1) is 48.4. The number of carboxylic acids is 4. The number of fused-ring (bicyclic) bond motifs is 2. The van der Waals surface area contributed by atoms with Gasteiger partial charge in [-0.15, -0.1) is 20.5 Å². The largest absolute Gasteiger partial charge is 0.505 e. The summed E-state index contributed by atoms with van der Waals surface area (Å²) in [4.78, 5) is 70.9. The molecule has 24 nitrogen and oxygen atoms in total. The molecule has 0 aromatic heterocycles. The first-order valence-electron chi connectivity index (χ1n) is 19.2. The Morgan fingerprint density at radius 2 is 0.757 bits per heavy atom.